The second-order valence-electron chi connectivity index (χ2n) is 5.53. The van der Waals surface area contributed by atoms with E-state index in [1.807, 2.05) is 30.3 Å². The molecule has 1 aromatic heterocycles. The zero-order valence-corrected chi connectivity index (χ0v) is 15.2. The summed E-state index contributed by atoms with van der Waals surface area (Å²) in [5.74, 6) is 1.03. The Labute approximate surface area is 156 Å². The molecule has 0 fully saturated rings. The van der Waals surface area contributed by atoms with Crippen LogP contribution in [0.25, 0.3) is 11.3 Å². The average molecular weight is 369 g/mol. The summed E-state index contributed by atoms with van der Waals surface area (Å²) >= 11 is 0. The molecule has 27 heavy (non-hydrogen) atoms. The van der Waals surface area contributed by atoms with Crippen LogP contribution in [-0.2, 0) is 11.3 Å². The van der Waals surface area contributed by atoms with Crippen molar-refractivity contribution in [3.8, 4) is 28.5 Å². The Balaban J connectivity index is 1.74. The van der Waals surface area contributed by atoms with Gasteiger partial charge in [0.25, 0.3) is 0 Å². The lowest BCUT2D eigenvalue weighted by Gasteiger charge is -2.13. The summed E-state index contributed by atoms with van der Waals surface area (Å²) in [6, 6.07) is 14.4. The summed E-state index contributed by atoms with van der Waals surface area (Å²) < 4.78 is 26.3. The molecule has 3 rings (SSSR count). The lowest BCUT2D eigenvalue weighted by atomic mass is 10.1. The second kappa shape index (κ2) is 8.27. The Kier molecular flexibility index (Phi) is 5.61. The average Bonchev–Trinajstić information content (AvgIpc) is 3.20. The number of aromatic nitrogens is 1. The highest BCUT2D eigenvalue weighted by atomic mass is 16.6. The Bertz CT molecular complexity index is 919. The predicted octanol–water partition coefficient (Wildman–Crippen LogP) is 3.72. The number of carbonyl (C=O) groups is 1. The van der Waals surface area contributed by atoms with Crippen LogP contribution in [0.2, 0.25) is 0 Å². The SMILES string of the molecule is COc1cc(OC)c(C(=O)OCc2cc(-c3ccccc3)no2)cc1OC. The maximum Gasteiger partial charge on any atom is 0.342 e. The van der Waals surface area contributed by atoms with Gasteiger partial charge in [-0.3, -0.25) is 0 Å². The highest BCUT2D eigenvalue weighted by molar-refractivity contribution is 5.93. The van der Waals surface area contributed by atoms with Crippen molar-refractivity contribution >= 4 is 5.97 Å². The van der Waals surface area contributed by atoms with Gasteiger partial charge in [-0.05, 0) is 0 Å². The molecule has 0 radical (unpaired) electrons. The van der Waals surface area contributed by atoms with E-state index in [1.54, 1.807) is 12.1 Å². The third-order valence-electron chi connectivity index (χ3n) is 3.90. The van der Waals surface area contributed by atoms with E-state index in [1.165, 1.54) is 27.4 Å². The maximum absolute atomic E-state index is 12.5. The first-order chi connectivity index (χ1) is 13.2. The first kappa shape index (κ1) is 18.3. The van der Waals surface area contributed by atoms with E-state index >= 15 is 0 Å². The lowest BCUT2D eigenvalue weighted by Crippen LogP contribution is -2.08. The van der Waals surface area contributed by atoms with E-state index in [2.05, 4.69) is 5.16 Å². The fourth-order valence-electron chi connectivity index (χ4n) is 2.53. The van der Waals surface area contributed by atoms with Crippen molar-refractivity contribution in [3.05, 3.63) is 59.9 Å². The van der Waals surface area contributed by atoms with Crippen LogP contribution in [0.5, 0.6) is 17.2 Å². The molecule has 0 atom stereocenters. The quantitative estimate of drug-likeness (QED) is 0.587. The van der Waals surface area contributed by atoms with Crippen LogP contribution in [0.1, 0.15) is 16.1 Å². The van der Waals surface area contributed by atoms with Gasteiger partial charge < -0.3 is 23.5 Å². The smallest absolute Gasteiger partial charge is 0.342 e. The molecule has 0 N–H and O–H groups in total. The van der Waals surface area contributed by atoms with E-state index < -0.39 is 5.97 Å². The monoisotopic (exact) mass is 369 g/mol. The maximum atomic E-state index is 12.5. The number of esters is 1. The van der Waals surface area contributed by atoms with Gasteiger partial charge in [-0.15, -0.1) is 0 Å². The van der Waals surface area contributed by atoms with Crippen molar-refractivity contribution < 1.29 is 28.3 Å². The number of rotatable bonds is 7. The molecule has 0 saturated carbocycles. The molecule has 0 saturated heterocycles. The number of nitrogens with zero attached hydrogens (tertiary/aromatic N) is 1. The van der Waals surface area contributed by atoms with E-state index in [-0.39, 0.29) is 12.2 Å². The molecule has 3 aromatic rings. The number of methoxy groups -OCH3 is 3. The van der Waals surface area contributed by atoms with E-state index in [0.717, 1.165) is 5.56 Å². The van der Waals surface area contributed by atoms with Gasteiger partial charge in [-0.1, -0.05) is 35.5 Å². The van der Waals surface area contributed by atoms with Crippen LogP contribution < -0.4 is 14.2 Å². The largest absolute Gasteiger partial charge is 0.496 e. The molecular formula is C20H19NO6. The van der Waals surface area contributed by atoms with Crippen molar-refractivity contribution in [2.75, 3.05) is 21.3 Å². The second-order valence-corrected chi connectivity index (χ2v) is 5.53. The number of ether oxygens (including phenoxy) is 4. The van der Waals surface area contributed by atoms with Crippen molar-refractivity contribution in [2.45, 2.75) is 6.61 Å². The van der Waals surface area contributed by atoms with E-state index in [0.29, 0.717) is 28.7 Å². The van der Waals surface area contributed by atoms with Crippen LogP contribution in [0.15, 0.2) is 53.1 Å². The first-order valence-electron chi connectivity index (χ1n) is 8.14. The van der Waals surface area contributed by atoms with Crippen LogP contribution in [0, 0.1) is 0 Å². The molecule has 0 amide bonds. The highest BCUT2D eigenvalue weighted by Crippen LogP contribution is 2.35. The third kappa shape index (κ3) is 4.03. The summed E-state index contributed by atoms with van der Waals surface area (Å²) in [5, 5.41) is 3.99. The standard InChI is InChI=1S/C20H19NO6/c1-23-17-11-19(25-3)18(24-2)10-15(17)20(22)26-12-14-9-16(21-27-14)13-7-5-4-6-8-13/h4-11H,12H2,1-3H3. The van der Waals surface area contributed by atoms with Crippen molar-refractivity contribution in [2.24, 2.45) is 0 Å². The van der Waals surface area contributed by atoms with Crippen molar-refractivity contribution in [1.82, 2.24) is 5.16 Å². The summed E-state index contributed by atoms with van der Waals surface area (Å²) in [5.41, 5.74) is 1.81. The summed E-state index contributed by atoms with van der Waals surface area (Å²) in [6.45, 7) is -0.0594. The molecular weight excluding hydrogens is 350 g/mol. The minimum atomic E-state index is -0.578. The molecule has 0 aliphatic heterocycles. The number of benzene rings is 2. The Hall–Kier alpha value is -3.48. The predicted molar refractivity (Wildman–Crippen MR) is 97.2 cm³/mol. The molecule has 7 nitrogen and oxygen atoms in total. The molecule has 0 aliphatic rings. The molecule has 0 bridgehead atoms. The minimum Gasteiger partial charge on any atom is -0.496 e. The van der Waals surface area contributed by atoms with Crippen LogP contribution in [-0.4, -0.2) is 32.5 Å². The van der Waals surface area contributed by atoms with Crippen molar-refractivity contribution in [3.63, 3.8) is 0 Å². The van der Waals surface area contributed by atoms with Gasteiger partial charge in [0.1, 0.15) is 17.0 Å². The lowest BCUT2D eigenvalue weighted by molar-refractivity contribution is 0.0433. The molecule has 140 valence electrons. The van der Waals surface area contributed by atoms with Gasteiger partial charge in [0.15, 0.2) is 23.9 Å². The fraction of sp³-hybridized carbons (Fsp3) is 0.200. The number of hydrogen-bond donors (Lipinski definition) is 0. The topological polar surface area (TPSA) is 80.0 Å². The summed E-state index contributed by atoms with van der Waals surface area (Å²) in [6.07, 6.45) is 0. The fourth-order valence-corrected chi connectivity index (χ4v) is 2.53. The van der Waals surface area contributed by atoms with Gasteiger partial charge in [-0.2, -0.15) is 0 Å². The first-order valence-corrected chi connectivity index (χ1v) is 8.14. The van der Waals surface area contributed by atoms with E-state index in [9.17, 15) is 4.79 Å². The van der Waals surface area contributed by atoms with Crippen molar-refractivity contribution in [1.29, 1.82) is 0 Å². The molecule has 2 aromatic carbocycles. The normalized spacial score (nSPS) is 10.3. The Morgan fingerprint density at radius 3 is 2.26 bits per heavy atom. The molecule has 0 spiro atoms. The molecule has 1 heterocycles. The third-order valence-corrected chi connectivity index (χ3v) is 3.90. The van der Waals surface area contributed by atoms with Gasteiger partial charge in [-0.25, -0.2) is 4.79 Å². The van der Waals surface area contributed by atoms with Gasteiger partial charge >= 0.3 is 5.97 Å². The van der Waals surface area contributed by atoms with E-state index in [4.69, 9.17) is 23.5 Å². The highest BCUT2D eigenvalue weighted by Gasteiger charge is 2.19. The summed E-state index contributed by atoms with van der Waals surface area (Å²) in [4.78, 5) is 12.5. The summed E-state index contributed by atoms with van der Waals surface area (Å²) in [7, 11) is 4.45. The van der Waals surface area contributed by atoms with Crippen LogP contribution in [0.4, 0.5) is 0 Å². The zero-order valence-electron chi connectivity index (χ0n) is 15.2. The Morgan fingerprint density at radius 1 is 0.926 bits per heavy atom. The molecule has 7 heteroatoms. The van der Waals surface area contributed by atoms with Crippen LogP contribution in [0.3, 0.4) is 0 Å². The minimum absolute atomic E-state index is 0.0594. The number of hydrogen-bond acceptors (Lipinski definition) is 7. The van der Waals surface area contributed by atoms with Gasteiger partial charge in [0.2, 0.25) is 0 Å². The Morgan fingerprint density at radius 2 is 1.59 bits per heavy atom. The zero-order chi connectivity index (χ0) is 19.2. The van der Waals surface area contributed by atoms with Gasteiger partial charge in [0, 0.05) is 23.8 Å². The number of carbonyl (C=O) groups excluding carboxylic acids is 1. The molecule has 0 aliphatic carbocycles. The van der Waals surface area contributed by atoms with Crippen LogP contribution >= 0.6 is 0 Å². The molecule has 0 unspecified atom stereocenters. The van der Waals surface area contributed by atoms with Gasteiger partial charge in [0.05, 0.1) is 21.3 Å².